The molecule has 2 aliphatic rings. The fourth-order valence-corrected chi connectivity index (χ4v) is 2.65. The molecule has 0 bridgehead atoms. The summed E-state index contributed by atoms with van der Waals surface area (Å²) in [6.45, 7) is 6.15. The van der Waals surface area contributed by atoms with Crippen molar-refractivity contribution >= 4 is 11.9 Å². The maximum Gasteiger partial charge on any atom is 0.223 e. The molecule has 0 unspecified atom stereocenters. The van der Waals surface area contributed by atoms with Crippen LogP contribution in [0.3, 0.4) is 0 Å². The normalized spacial score (nSPS) is 20.5. The number of hydrogen-bond donors (Lipinski definition) is 2. The van der Waals surface area contributed by atoms with Crippen molar-refractivity contribution in [2.75, 3.05) is 39.8 Å². The molecule has 0 aromatic rings. The molecule has 1 heterocycles. The number of carbonyl (C=O) groups excluding carboxylic acids is 1. The molecule has 1 aliphatic heterocycles. The van der Waals surface area contributed by atoms with E-state index in [1.165, 1.54) is 0 Å². The molecule has 120 valence electrons. The van der Waals surface area contributed by atoms with E-state index in [1.807, 2.05) is 6.92 Å². The monoisotopic (exact) mass is 296 g/mol. The van der Waals surface area contributed by atoms with E-state index in [0.29, 0.717) is 12.6 Å². The first-order valence-electron chi connectivity index (χ1n) is 8.09. The summed E-state index contributed by atoms with van der Waals surface area (Å²) < 4.78 is 5.66. The molecule has 0 spiro atoms. The van der Waals surface area contributed by atoms with E-state index in [4.69, 9.17) is 4.74 Å². The zero-order valence-electron chi connectivity index (χ0n) is 13.2. The van der Waals surface area contributed by atoms with Crippen LogP contribution in [0.4, 0.5) is 0 Å². The Morgan fingerprint density at radius 1 is 1.19 bits per heavy atom. The van der Waals surface area contributed by atoms with Gasteiger partial charge < -0.3 is 20.3 Å². The molecule has 6 nitrogen and oxygen atoms in total. The van der Waals surface area contributed by atoms with Gasteiger partial charge in [0.1, 0.15) is 0 Å². The topological polar surface area (TPSA) is 66.0 Å². The summed E-state index contributed by atoms with van der Waals surface area (Å²) in [6, 6.07) is 0. The van der Waals surface area contributed by atoms with Gasteiger partial charge in [-0.2, -0.15) is 0 Å². The fraction of sp³-hybridized carbons (Fsp3) is 0.867. The minimum absolute atomic E-state index is 0.198. The minimum atomic E-state index is 0.198. The van der Waals surface area contributed by atoms with E-state index in [2.05, 4.69) is 20.5 Å². The van der Waals surface area contributed by atoms with Crippen LogP contribution in [0.25, 0.3) is 0 Å². The average molecular weight is 296 g/mol. The summed E-state index contributed by atoms with van der Waals surface area (Å²) in [5.74, 6) is 1.40. The highest BCUT2D eigenvalue weighted by molar-refractivity contribution is 5.81. The molecule has 1 saturated carbocycles. The lowest BCUT2D eigenvalue weighted by molar-refractivity contribution is -0.122. The molecule has 6 heteroatoms. The van der Waals surface area contributed by atoms with Gasteiger partial charge in [-0.3, -0.25) is 9.79 Å². The highest BCUT2D eigenvalue weighted by atomic mass is 16.5. The van der Waals surface area contributed by atoms with E-state index in [1.54, 1.807) is 7.05 Å². The van der Waals surface area contributed by atoms with Gasteiger partial charge in [0, 0.05) is 45.8 Å². The van der Waals surface area contributed by atoms with Gasteiger partial charge in [0.05, 0.1) is 6.10 Å². The van der Waals surface area contributed by atoms with E-state index < -0.39 is 0 Å². The Bertz CT molecular complexity index is 361. The lowest BCUT2D eigenvalue weighted by Crippen LogP contribution is -2.48. The van der Waals surface area contributed by atoms with E-state index in [-0.39, 0.29) is 11.8 Å². The third kappa shape index (κ3) is 5.19. The van der Waals surface area contributed by atoms with Crippen LogP contribution in [-0.2, 0) is 9.53 Å². The van der Waals surface area contributed by atoms with Crippen molar-refractivity contribution in [1.29, 1.82) is 0 Å². The van der Waals surface area contributed by atoms with Crippen LogP contribution in [-0.4, -0.2) is 62.7 Å². The van der Waals surface area contributed by atoms with E-state index in [9.17, 15) is 4.79 Å². The molecule has 0 aromatic carbocycles. The van der Waals surface area contributed by atoms with E-state index >= 15 is 0 Å². The molecular weight excluding hydrogens is 268 g/mol. The Hall–Kier alpha value is -1.30. The summed E-state index contributed by atoms with van der Waals surface area (Å²) in [5, 5.41) is 6.28. The standard InChI is InChI=1S/C15H28N4O2/c1-3-21-13-6-10-19(11-7-13)15(16-2)18-9-8-17-14(20)12-4-5-12/h12-13H,3-11H2,1-2H3,(H,16,18)(H,17,20). The van der Waals surface area contributed by atoms with Crippen LogP contribution in [0.2, 0.25) is 0 Å². The molecular formula is C15H28N4O2. The van der Waals surface area contributed by atoms with Crippen LogP contribution >= 0.6 is 0 Å². The van der Waals surface area contributed by atoms with Crippen molar-refractivity contribution in [3.8, 4) is 0 Å². The van der Waals surface area contributed by atoms with Crippen molar-refractivity contribution in [2.24, 2.45) is 10.9 Å². The SMILES string of the molecule is CCOC1CCN(C(=NC)NCCNC(=O)C2CC2)CC1. The smallest absolute Gasteiger partial charge is 0.223 e. The van der Waals surface area contributed by atoms with Gasteiger partial charge in [-0.25, -0.2) is 0 Å². The average Bonchev–Trinajstić information content (AvgIpc) is 3.33. The predicted molar refractivity (Wildman–Crippen MR) is 83.3 cm³/mol. The van der Waals surface area contributed by atoms with Gasteiger partial charge in [-0.15, -0.1) is 0 Å². The third-order valence-corrected chi connectivity index (χ3v) is 4.01. The van der Waals surface area contributed by atoms with Crippen LogP contribution < -0.4 is 10.6 Å². The Morgan fingerprint density at radius 3 is 2.43 bits per heavy atom. The highest BCUT2D eigenvalue weighted by Crippen LogP contribution is 2.28. The molecule has 21 heavy (non-hydrogen) atoms. The molecule has 2 fully saturated rings. The molecule has 1 amide bonds. The molecule has 2 rings (SSSR count). The number of guanidine groups is 1. The number of ether oxygens (including phenoxy) is 1. The molecule has 0 radical (unpaired) electrons. The number of hydrogen-bond acceptors (Lipinski definition) is 3. The van der Waals surface area contributed by atoms with E-state index in [0.717, 1.165) is 57.9 Å². The molecule has 1 aliphatic carbocycles. The molecule has 2 N–H and O–H groups in total. The number of likely N-dealkylation sites (tertiary alicyclic amines) is 1. The van der Waals surface area contributed by atoms with Crippen LogP contribution in [0, 0.1) is 5.92 Å². The van der Waals surface area contributed by atoms with Crippen LogP contribution in [0.1, 0.15) is 32.6 Å². The first kappa shape index (κ1) is 16.1. The highest BCUT2D eigenvalue weighted by Gasteiger charge is 2.29. The lowest BCUT2D eigenvalue weighted by atomic mass is 10.1. The molecule has 1 saturated heterocycles. The Morgan fingerprint density at radius 2 is 1.86 bits per heavy atom. The van der Waals surface area contributed by atoms with Gasteiger partial charge >= 0.3 is 0 Å². The molecule has 0 atom stereocenters. The predicted octanol–water partition coefficient (Wildman–Crippen LogP) is 0.589. The van der Waals surface area contributed by atoms with Crippen molar-refractivity contribution in [2.45, 2.75) is 38.7 Å². The Labute approximate surface area is 127 Å². The number of nitrogens with one attached hydrogen (secondary N) is 2. The summed E-state index contributed by atoms with van der Waals surface area (Å²) >= 11 is 0. The quantitative estimate of drug-likeness (QED) is 0.428. The summed E-state index contributed by atoms with van der Waals surface area (Å²) in [6.07, 6.45) is 4.59. The largest absolute Gasteiger partial charge is 0.378 e. The van der Waals surface area contributed by atoms with Crippen molar-refractivity contribution in [3.05, 3.63) is 0 Å². The second-order valence-electron chi connectivity index (χ2n) is 5.68. The van der Waals surface area contributed by atoms with Crippen molar-refractivity contribution in [3.63, 3.8) is 0 Å². The fourth-order valence-electron chi connectivity index (χ4n) is 2.65. The number of aliphatic imine (C=N–C) groups is 1. The zero-order valence-corrected chi connectivity index (χ0v) is 13.2. The number of piperidine rings is 1. The van der Waals surface area contributed by atoms with Crippen LogP contribution in [0.15, 0.2) is 4.99 Å². The van der Waals surface area contributed by atoms with Gasteiger partial charge in [0.25, 0.3) is 0 Å². The lowest BCUT2D eigenvalue weighted by Gasteiger charge is -2.34. The minimum Gasteiger partial charge on any atom is -0.378 e. The second kappa shape index (κ2) is 8.22. The number of nitrogens with zero attached hydrogens (tertiary/aromatic N) is 2. The number of rotatable bonds is 6. The zero-order chi connectivity index (χ0) is 15.1. The summed E-state index contributed by atoms with van der Waals surface area (Å²) in [7, 11) is 1.81. The maximum absolute atomic E-state index is 11.5. The van der Waals surface area contributed by atoms with Gasteiger partial charge in [-0.1, -0.05) is 0 Å². The molecule has 0 aromatic heterocycles. The van der Waals surface area contributed by atoms with Crippen LogP contribution in [0.5, 0.6) is 0 Å². The Balaban J connectivity index is 1.62. The van der Waals surface area contributed by atoms with Gasteiger partial charge in [0.15, 0.2) is 5.96 Å². The second-order valence-corrected chi connectivity index (χ2v) is 5.68. The van der Waals surface area contributed by atoms with Crippen molar-refractivity contribution < 1.29 is 9.53 Å². The number of carbonyl (C=O) groups is 1. The Kier molecular flexibility index (Phi) is 6.29. The number of amides is 1. The maximum atomic E-state index is 11.5. The van der Waals surface area contributed by atoms with Crippen molar-refractivity contribution in [1.82, 2.24) is 15.5 Å². The van der Waals surface area contributed by atoms with Gasteiger partial charge in [0.2, 0.25) is 5.91 Å². The van der Waals surface area contributed by atoms with Gasteiger partial charge in [-0.05, 0) is 32.6 Å². The first-order valence-corrected chi connectivity index (χ1v) is 8.09. The third-order valence-electron chi connectivity index (χ3n) is 4.01. The summed E-state index contributed by atoms with van der Waals surface area (Å²) in [5.41, 5.74) is 0. The summed E-state index contributed by atoms with van der Waals surface area (Å²) in [4.78, 5) is 18.1. The first-order chi connectivity index (χ1) is 10.2.